The summed E-state index contributed by atoms with van der Waals surface area (Å²) in [5.41, 5.74) is 2.81. The maximum atomic E-state index is 13.4. The number of halogens is 3. The Morgan fingerprint density at radius 2 is 1.55 bits per heavy atom. The molecule has 0 radical (unpaired) electrons. The molecule has 0 N–H and O–H groups in total. The van der Waals surface area contributed by atoms with E-state index in [1.165, 1.54) is 24.1 Å². The minimum Gasteiger partial charge on any atom is -0.236 e. The fourth-order valence-corrected chi connectivity index (χ4v) is 3.95. The van der Waals surface area contributed by atoms with Crippen LogP contribution in [0.2, 0.25) is 5.02 Å². The van der Waals surface area contributed by atoms with E-state index >= 15 is 0 Å². The summed E-state index contributed by atoms with van der Waals surface area (Å²) in [6, 6.07) is 23.8. The Labute approximate surface area is 210 Å². The van der Waals surface area contributed by atoms with Crippen molar-refractivity contribution < 1.29 is 4.39 Å². The van der Waals surface area contributed by atoms with Gasteiger partial charge in [0.15, 0.2) is 0 Å². The van der Waals surface area contributed by atoms with Crippen molar-refractivity contribution in [2.24, 2.45) is 9.50 Å². The standard InChI is InChI=1S/C22H16Cl2FN3S.2C2H6/c23-17-8-12-19(13-9-17)29-27-22(24)28-14-20(15-4-2-1-3-5-15)21(26-28)16-6-10-18(25)11-7-16;2*1-2/h1-13,20H,14H2;2*1-2H3/b27-22+;;. The molecule has 1 aliphatic heterocycles. The summed E-state index contributed by atoms with van der Waals surface area (Å²) in [6.07, 6.45) is 0. The first-order chi connectivity index (χ1) is 16.1. The average molecular weight is 505 g/mol. The molecule has 3 aromatic carbocycles. The molecule has 0 amide bonds. The van der Waals surface area contributed by atoms with Crippen LogP contribution in [0.1, 0.15) is 44.7 Å². The highest BCUT2D eigenvalue weighted by Crippen LogP contribution is 2.31. The first-order valence-electron chi connectivity index (χ1n) is 10.9. The molecule has 1 aliphatic rings. The molecule has 0 aliphatic carbocycles. The zero-order valence-electron chi connectivity index (χ0n) is 19.2. The first-order valence-corrected chi connectivity index (χ1v) is 12.5. The Morgan fingerprint density at radius 1 is 0.939 bits per heavy atom. The highest BCUT2D eigenvalue weighted by Gasteiger charge is 2.31. The van der Waals surface area contributed by atoms with Crippen molar-refractivity contribution in [1.29, 1.82) is 0 Å². The van der Waals surface area contributed by atoms with Gasteiger partial charge in [-0.25, -0.2) is 9.40 Å². The lowest BCUT2D eigenvalue weighted by molar-refractivity contribution is 0.484. The summed E-state index contributed by atoms with van der Waals surface area (Å²) in [7, 11) is 0. The van der Waals surface area contributed by atoms with Crippen LogP contribution in [0.4, 0.5) is 4.39 Å². The van der Waals surface area contributed by atoms with Crippen molar-refractivity contribution in [3.05, 3.63) is 101 Å². The van der Waals surface area contributed by atoms with Gasteiger partial charge in [-0.05, 0) is 59.1 Å². The number of hydrogen-bond donors (Lipinski definition) is 0. The van der Waals surface area contributed by atoms with Crippen LogP contribution >= 0.6 is 35.1 Å². The van der Waals surface area contributed by atoms with Gasteiger partial charge in [0.25, 0.3) is 0 Å². The normalized spacial score (nSPS) is 15.1. The largest absolute Gasteiger partial charge is 0.236 e. The van der Waals surface area contributed by atoms with Gasteiger partial charge in [-0.1, -0.05) is 81.8 Å². The van der Waals surface area contributed by atoms with Gasteiger partial charge in [0.1, 0.15) is 5.82 Å². The zero-order valence-corrected chi connectivity index (χ0v) is 21.5. The predicted octanol–water partition coefficient (Wildman–Crippen LogP) is 8.64. The molecule has 3 aromatic rings. The Hall–Kier alpha value is -2.34. The van der Waals surface area contributed by atoms with Crippen molar-refractivity contribution in [2.45, 2.75) is 38.5 Å². The van der Waals surface area contributed by atoms with Crippen LogP contribution in [-0.4, -0.2) is 22.6 Å². The van der Waals surface area contributed by atoms with E-state index in [-0.39, 0.29) is 17.0 Å². The molecule has 1 heterocycles. The number of amidine groups is 1. The Balaban J connectivity index is 0.000000914. The van der Waals surface area contributed by atoms with E-state index in [4.69, 9.17) is 28.3 Å². The summed E-state index contributed by atoms with van der Waals surface area (Å²) in [4.78, 5) is 0.925. The molecule has 0 aromatic heterocycles. The summed E-state index contributed by atoms with van der Waals surface area (Å²) in [6.45, 7) is 8.56. The first kappa shape index (κ1) is 26.9. The van der Waals surface area contributed by atoms with Crippen LogP contribution < -0.4 is 0 Å². The SMILES string of the molecule is CC.CC.Fc1ccc(C2=NN(/C(Cl)=N/Sc3ccc(Cl)cc3)CC2c2ccccc2)cc1. The van der Waals surface area contributed by atoms with E-state index in [0.717, 1.165) is 21.7 Å². The lowest BCUT2D eigenvalue weighted by atomic mass is 9.91. The molecule has 0 saturated carbocycles. The molecule has 3 nitrogen and oxygen atoms in total. The van der Waals surface area contributed by atoms with Gasteiger partial charge in [-0.15, -0.1) is 0 Å². The summed E-state index contributed by atoms with van der Waals surface area (Å²) in [5.74, 6) is -0.273. The highest BCUT2D eigenvalue weighted by molar-refractivity contribution is 7.98. The second-order valence-corrected chi connectivity index (χ2v) is 8.05. The van der Waals surface area contributed by atoms with Gasteiger partial charge in [0.05, 0.1) is 12.3 Å². The molecule has 174 valence electrons. The molecule has 1 unspecified atom stereocenters. The van der Waals surface area contributed by atoms with Crippen molar-refractivity contribution in [2.75, 3.05) is 6.54 Å². The van der Waals surface area contributed by atoms with Crippen LogP contribution in [0.25, 0.3) is 0 Å². The van der Waals surface area contributed by atoms with Gasteiger partial charge in [-0.3, -0.25) is 0 Å². The quantitative estimate of drug-likeness (QED) is 0.154. The van der Waals surface area contributed by atoms with Gasteiger partial charge < -0.3 is 0 Å². The van der Waals surface area contributed by atoms with E-state index in [1.807, 2.05) is 58.0 Å². The second kappa shape index (κ2) is 14.0. The van der Waals surface area contributed by atoms with Gasteiger partial charge in [0, 0.05) is 27.8 Å². The Morgan fingerprint density at radius 3 is 2.15 bits per heavy atom. The lowest BCUT2D eigenvalue weighted by Crippen LogP contribution is -2.21. The van der Waals surface area contributed by atoms with E-state index in [1.54, 1.807) is 29.3 Å². The third-order valence-corrected chi connectivity index (χ3v) is 5.89. The number of nitrogens with zero attached hydrogens (tertiary/aromatic N) is 3. The van der Waals surface area contributed by atoms with E-state index in [9.17, 15) is 4.39 Å². The van der Waals surface area contributed by atoms with Crippen molar-refractivity contribution in [3.63, 3.8) is 0 Å². The number of hydrogen-bond acceptors (Lipinski definition) is 3. The predicted molar refractivity (Wildman–Crippen MR) is 142 cm³/mol. The fourth-order valence-electron chi connectivity index (χ4n) is 3.08. The van der Waals surface area contributed by atoms with E-state index < -0.39 is 0 Å². The topological polar surface area (TPSA) is 28.0 Å². The molecule has 0 fully saturated rings. The van der Waals surface area contributed by atoms with Crippen LogP contribution in [0, 0.1) is 5.82 Å². The molecule has 0 saturated heterocycles. The Kier molecular flexibility index (Phi) is 11.4. The Bertz CT molecular complexity index is 1040. The minimum atomic E-state index is -0.278. The molecular formula is C26H28Cl2FN3S. The molecule has 4 rings (SSSR count). The molecule has 1 atom stereocenters. The summed E-state index contributed by atoms with van der Waals surface area (Å²) < 4.78 is 17.8. The van der Waals surface area contributed by atoms with Gasteiger partial charge >= 0.3 is 0 Å². The third-order valence-electron chi connectivity index (χ3n) is 4.51. The highest BCUT2D eigenvalue weighted by atomic mass is 35.5. The minimum absolute atomic E-state index is 0.00569. The fraction of sp³-hybridized carbons (Fsp3) is 0.231. The van der Waals surface area contributed by atoms with Crippen molar-refractivity contribution in [1.82, 2.24) is 5.01 Å². The van der Waals surface area contributed by atoms with Crippen molar-refractivity contribution >= 4 is 46.2 Å². The van der Waals surface area contributed by atoms with Crippen LogP contribution in [0.15, 0.2) is 93.3 Å². The molecule has 0 bridgehead atoms. The monoisotopic (exact) mass is 503 g/mol. The molecule has 7 heteroatoms. The number of rotatable bonds is 4. The lowest BCUT2D eigenvalue weighted by Gasteiger charge is -2.15. The van der Waals surface area contributed by atoms with Gasteiger partial charge in [0.2, 0.25) is 5.29 Å². The maximum Gasteiger partial charge on any atom is 0.226 e. The maximum absolute atomic E-state index is 13.4. The van der Waals surface area contributed by atoms with Crippen molar-refractivity contribution in [3.8, 4) is 0 Å². The average Bonchev–Trinajstić information content (AvgIpc) is 3.33. The van der Waals surface area contributed by atoms with Crippen LogP contribution in [0.5, 0.6) is 0 Å². The smallest absolute Gasteiger partial charge is 0.226 e. The van der Waals surface area contributed by atoms with Crippen LogP contribution in [-0.2, 0) is 0 Å². The van der Waals surface area contributed by atoms with Crippen LogP contribution in [0.3, 0.4) is 0 Å². The molecular weight excluding hydrogens is 476 g/mol. The van der Waals surface area contributed by atoms with E-state index in [0.29, 0.717) is 11.6 Å². The number of hydrazone groups is 1. The molecule has 0 spiro atoms. The van der Waals surface area contributed by atoms with E-state index in [2.05, 4.69) is 16.5 Å². The van der Waals surface area contributed by atoms with Gasteiger partial charge in [-0.2, -0.15) is 9.50 Å². The summed E-state index contributed by atoms with van der Waals surface area (Å²) in [5, 5.41) is 7.33. The molecule has 33 heavy (non-hydrogen) atoms. The zero-order chi connectivity index (χ0) is 24.2. The number of benzene rings is 3. The second-order valence-electron chi connectivity index (χ2n) is 6.44. The summed E-state index contributed by atoms with van der Waals surface area (Å²) >= 11 is 13.6. The third kappa shape index (κ3) is 7.60.